The third-order valence-corrected chi connectivity index (χ3v) is 7.83. The number of rotatable bonds is 7. The first-order valence-electron chi connectivity index (χ1n) is 12.5. The van der Waals surface area contributed by atoms with Crippen LogP contribution in [-0.4, -0.2) is 42.6 Å². The standard InChI is InChI=1S/C24H35N7O2/c1-13-6-8-15(9-7-13)12-31-18-20(26-14(2)16-4-3-5-16)28-22(19(25)27-24(32)33)29-21(18)30-23(31)17-10-11-17/h13-17H,3-12H2,1-2H3,(H2,25,27)(H,32,33)(H,26,28,29)/t13?,14-,15?/m1/s1. The van der Waals surface area contributed by atoms with Crippen LogP contribution in [0.5, 0.6) is 0 Å². The Morgan fingerprint density at radius 2 is 1.85 bits per heavy atom. The molecule has 9 nitrogen and oxygen atoms in total. The van der Waals surface area contributed by atoms with E-state index in [1.165, 1.54) is 44.9 Å². The van der Waals surface area contributed by atoms with Gasteiger partial charge in [0.15, 0.2) is 23.1 Å². The molecule has 9 heteroatoms. The zero-order valence-corrected chi connectivity index (χ0v) is 19.6. The lowest BCUT2D eigenvalue weighted by molar-refractivity contribution is 0.200. The number of fused-ring (bicyclic) bond motifs is 1. The highest BCUT2D eigenvalue weighted by atomic mass is 16.4. The van der Waals surface area contributed by atoms with Gasteiger partial charge in [-0.2, -0.15) is 0 Å². The Morgan fingerprint density at radius 1 is 1.12 bits per heavy atom. The lowest BCUT2D eigenvalue weighted by Gasteiger charge is -2.32. The Kier molecular flexibility index (Phi) is 5.97. The van der Waals surface area contributed by atoms with Gasteiger partial charge < -0.3 is 15.0 Å². The molecule has 3 aliphatic rings. The minimum absolute atomic E-state index is 0.0618. The number of amides is 1. The van der Waals surface area contributed by atoms with E-state index >= 15 is 0 Å². The van der Waals surface area contributed by atoms with E-state index in [1.54, 1.807) is 0 Å². The quantitative estimate of drug-likeness (QED) is 0.354. The van der Waals surface area contributed by atoms with Crippen LogP contribution >= 0.6 is 0 Å². The first-order chi connectivity index (χ1) is 15.9. The number of imidazole rings is 1. The molecule has 0 aliphatic heterocycles. The Hall–Kier alpha value is -2.71. The molecule has 0 aromatic carbocycles. The molecule has 1 amide bonds. The molecule has 1 atom stereocenters. The van der Waals surface area contributed by atoms with Crippen molar-refractivity contribution in [3.8, 4) is 0 Å². The van der Waals surface area contributed by atoms with Crippen molar-refractivity contribution < 1.29 is 9.90 Å². The summed E-state index contributed by atoms with van der Waals surface area (Å²) in [4.78, 5) is 25.2. The Labute approximate surface area is 194 Å². The van der Waals surface area contributed by atoms with E-state index in [-0.39, 0.29) is 17.7 Å². The number of aromatic nitrogens is 4. The average molecular weight is 454 g/mol. The van der Waals surface area contributed by atoms with Gasteiger partial charge in [-0.05, 0) is 63.2 Å². The van der Waals surface area contributed by atoms with Crippen molar-refractivity contribution in [1.82, 2.24) is 24.8 Å². The summed E-state index contributed by atoms with van der Waals surface area (Å²) < 4.78 is 2.35. The molecule has 5 rings (SSSR count). The summed E-state index contributed by atoms with van der Waals surface area (Å²) in [5.74, 6) is 3.98. The fourth-order valence-electron chi connectivity index (χ4n) is 5.31. The molecule has 4 N–H and O–H groups in total. The minimum Gasteiger partial charge on any atom is -0.465 e. The van der Waals surface area contributed by atoms with Gasteiger partial charge in [0.1, 0.15) is 11.3 Å². The highest BCUT2D eigenvalue weighted by Crippen LogP contribution is 2.42. The van der Waals surface area contributed by atoms with Crippen molar-refractivity contribution in [2.24, 2.45) is 17.8 Å². The second-order valence-electron chi connectivity index (χ2n) is 10.5. The number of carbonyl (C=O) groups is 1. The number of carboxylic acid groups (broad SMARTS) is 1. The van der Waals surface area contributed by atoms with Crippen LogP contribution < -0.4 is 10.6 Å². The summed E-state index contributed by atoms with van der Waals surface area (Å²) in [6.07, 6.45) is 9.69. The maximum Gasteiger partial charge on any atom is 0.410 e. The first kappa shape index (κ1) is 22.1. The predicted molar refractivity (Wildman–Crippen MR) is 127 cm³/mol. The smallest absolute Gasteiger partial charge is 0.410 e. The third-order valence-electron chi connectivity index (χ3n) is 7.83. The highest BCUT2D eigenvalue weighted by Gasteiger charge is 2.33. The van der Waals surface area contributed by atoms with Crippen LogP contribution in [-0.2, 0) is 6.54 Å². The van der Waals surface area contributed by atoms with E-state index in [1.807, 2.05) is 0 Å². The topological polar surface area (TPSA) is 129 Å². The van der Waals surface area contributed by atoms with Gasteiger partial charge in [0.2, 0.25) is 0 Å². The van der Waals surface area contributed by atoms with Gasteiger partial charge in [-0.15, -0.1) is 0 Å². The first-order valence-corrected chi connectivity index (χ1v) is 12.5. The minimum atomic E-state index is -1.29. The number of hydrogen-bond acceptors (Lipinski definition) is 6. The van der Waals surface area contributed by atoms with Crippen LogP contribution in [0, 0.1) is 23.2 Å². The van der Waals surface area contributed by atoms with Crippen molar-refractivity contribution >= 4 is 28.9 Å². The van der Waals surface area contributed by atoms with E-state index in [0.29, 0.717) is 29.2 Å². The number of hydrogen-bond donors (Lipinski definition) is 4. The van der Waals surface area contributed by atoms with Gasteiger partial charge in [-0.3, -0.25) is 10.7 Å². The van der Waals surface area contributed by atoms with E-state index in [0.717, 1.165) is 36.6 Å². The molecule has 178 valence electrons. The zero-order chi connectivity index (χ0) is 23.1. The van der Waals surface area contributed by atoms with Crippen molar-refractivity contribution in [2.75, 3.05) is 5.32 Å². The average Bonchev–Trinajstić information content (AvgIpc) is 3.50. The second-order valence-corrected chi connectivity index (χ2v) is 10.5. The number of amidine groups is 1. The van der Waals surface area contributed by atoms with Crippen LogP contribution in [0.25, 0.3) is 11.2 Å². The molecule has 33 heavy (non-hydrogen) atoms. The fraction of sp³-hybridized carbons (Fsp3) is 0.708. The summed E-state index contributed by atoms with van der Waals surface area (Å²) in [5, 5.41) is 22.9. The van der Waals surface area contributed by atoms with Gasteiger partial charge >= 0.3 is 6.09 Å². The zero-order valence-electron chi connectivity index (χ0n) is 19.6. The van der Waals surface area contributed by atoms with Gasteiger partial charge in [-0.25, -0.2) is 19.7 Å². The molecule has 0 bridgehead atoms. The molecule has 2 aromatic heterocycles. The van der Waals surface area contributed by atoms with E-state index in [4.69, 9.17) is 15.5 Å². The van der Waals surface area contributed by atoms with Crippen molar-refractivity contribution in [3.63, 3.8) is 0 Å². The summed E-state index contributed by atoms with van der Waals surface area (Å²) in [5.41, 5.74) is 1.47. The Morgan fingerprint density at radius 3 is 2.45 bits per heavy atom. The molecule has 3 fully saturated rings. The van der Waals surface area contributed by atoms with E-state index in [2.05, 4.69) is 39.0 Å². The second kappa shape index (κ2) is 8.91. The molecule has 3 saturated carbocycles. The van der Waals surface area contributed by atoms with Crippen LogP contribution in [0.2, 0.25) is 0 Å². The fourth-order valence-corrected chi connectivity index (χ4v) is 5.31. The largest absolute Gasteiger partial charge is 0.465 e. The van der Waals surface area contributed by atoms with E-state index in [9.17, 15) is 4.79 Å². The van der Waals surface area contributed by atoms with Gasteiger partial charge in [-0.1, -0.05) is 26.2 Å². The molecule has 0 spiro atoms. The molecule has 0 radical (unpaired) electrons. The molecule has 2 aromatic rings. The third kappa shape index (κ3) is 4.68. The van der Waals surface area contributed by atoms with Crippen LogP contribution in [0.4, 0.5) is 10.6 Å². The number of nitrogens with one attached hydrogen (secondary N) is 3. The normalized spacial score (nSPS) is 24.3. The number of anilines is 1. The number of nitrogens with zero attached hydrogens (tertiary/aromatic N) is 4. The molecular weight excluding hydrogens is 418 g/mol. The van der Waals surface area contributed by atoms with Crippen LogP contribution in [0.3, 0.4) is 0 Å². The Balaban J connectivity index is 1.55. The molecule has 0 saturated heterocycles. The Bertz CT molecular complexity index is 1050. The lowest BCUT2D eigenvalue weighted by atomic mass is 9.80. The molecule has 2 heterocycles. The predicted octanol–water partition coefficient (Wildman–Crippen LogP) is 4.72. The monoisotopic (exact) mass is 453 g/mol. The van der Waals surface area contributed by atoms with Crippen molar-refractivity contribution in [2.45, 2.75) is 90.1 Å². The van der Waals surface area contributed by atoms with Crippen LogP contribution in [0.1, 0.15) is 89.2 Å². The summed E-state index contributed by atoms with van der Waals surface area (Å²) in [7, 11) is 0. The van der Waals surface area contributed by atoms with Gasteiger partial charge in [0.25, 0.3) is 0 Å². The summed E-state index contributed by atoms with van der Waals surface area (Å²) in [6, 6.07) is 0.245. The summed E-state index contributed by atoms with van der Waals surface area (Å²) >= 11 is 0. The van der Waals surface area contributed by atoms with Gasteiger partial charge in [0, 0.05) is 18.5 Å². The molecular formula is C24H35N7O2. The maximum absolute atomic E-state index is 11.1. The van der Waals surface area contributed by atoms with Crippen molar-refractivity contribution in [3.05, 3.63) is 11.6 Å². The van der Waals surface area contributed by atoms with E-state index < -0.39 is 6.09 Å². The highest BCUT2D eigenvalue weighted by molar-refractivity contribution is 6.03. The molecule has 3 aliphatic carbocycles. The SMILES string of the molecule is CC1CCC(Cn2c(C3CC3)nc3nc(C(=N)NC(=O)O)nc(N[C@H](C)C4CCC4)c32)CC1. The van der Waals surface area contributed by atoms with Crippen molar-refractivity contribution in [1.29, 1.82) is 5.41 Å². The lowest BCUT2D eigenvalue weighted by Crippen LogP contribution is -2.33. The van der Waals surface area contributed by atoms with Gasteiger partial charge in [0.05, 0.1) is 0 Å². The van der Waals surface area contributed by atoms with Crippen LogP contribution in [0.15, 0.2) is 0 Å². The molecule has 0 unspecified atom stereocenters. The summed E-state index contributed by atoms with van der Waals surface area (Å²) in [6.45, 7) is 5.45. The maximum atomic E-state index is 11.1.